The molecule has 0 aromatic heterocycles. The van der Waals surface area contributed by atoms with Crippen LogP contribution >= 0.6 is 35.0 Å². The number of benzene rings is 3. The van der Waals surface area contributed by atoms with E-state index in [-0.39, 0.29) is 11.5 Å². The minimum absolute atomic E-state index is 0.0135. The Labute approximate surface area is 188 Å². The molecule has 5 nitrogen and oxygen atoms in total. The molecule has 154 valence electrons. The molecule has 0 aliphatic heterocycles. The van der Waals surface area contributed by atoms with Crippen molar-refractivity contribution in [1.82, 2.24) is 0 Å². The summed E-state index contributed by atoms with van der Waals surface area (Å²) in [5, 5.41) is 15.7. The van der Waals surface area contributed by atoms with Gasteiger partial charge in [-0.25, -0.2) is 0 Å². The van der Waals surface area contributed by atoms with Crippen molar-refractivity contribution in [3.05, 3.63) is 91.4 Å². The third-order valence-corrected chi connectivity index (χ3v) is 6.26. The second-order valence-corrected chi connectivity index (χ2v) is 8.61. The van der Waals surface area contributed by atoms with E-state index in [1.165, 1.54) is 18.7 Å². The lowest BCUT2D eigenvalue weighted by molar-refractivity contribution is -0.387. The molecule has 0 aliphatic rings. The van der Waals surface area contributed by atoms with Gasteiger partial charge < -0.3 is 5.32 Å². The van der Waals surface area contributed by atoms with Gasteiger partial charge in [0.15, 0.2) is 5.78 Å². The van der Waals surface area contributed by atoms with Gasteiger partial charge in [-0.05, 0) is 55.3 Å². The number of nitrogens with zero attached hydrogens (tertiary/aromatic N) is 1. The molecule has 0 saturated carbocycles. The van der Waals surface area contributed by atoms with Gasteiger partial charge >= 0.3 is 0 Å². The molecule has 0 fully saturated rings. The van der Waals surface area contributed by atoms with Crippen molar-refractivity contribution in [2.75, 3.05) is 5.32 Å². The highest BCUT2D eigenvalue weighted by molar-refractivity contribution is 7.99. The van der Waals surface area contributed by atoms with E-state index >= 15 is 0 Å². The van der Waals surface area contributed by atoms with Gasteiger partial charge in [-0.2, -0.15) is 0 Å². The van der Waals surface area contributed by atoms with E-state index in [4.69, 9.17) is 23.2 Å². The third kappa shape index (κ3) is 5.33. The van der Waals surface area contributed by atoms with Gasteiger partial charge in [-0.1, -0.05) is 53.2 Å². The quantitative estimate of drug-likeness (QED) is 0.229. The zero-order chi connectivity index (χ0) is 21.8. The average Bonchev–Trinajstić information content (AvgIpc) is 2.70. The number of nitro benzene ring substituents is 1. The van der Waals surface area contributed by atoms with Crippen molar-refractivity contribution in [1.29, 1.82) is 0 Å². The number of nitro groups is 1. The smallest absolute Gasteiger partial charge is 0.283 e. The molecule has 3 rings (SSSR count). The zero-order valence-electron chi connectivity index (χ0n) is 16.2. The summed E-state index contributed by atoms with van der Waals surface area (Å²) in [5.41, 5.74) is 3.19. The highest BCUT2D eigenvalue weighted by atomic mass is 35.5. The topological polar surface area (TPSA) is 72.2 Å². The van der Waals surface area contributed by atoms with E-state index in [1.807, 2.05) is 19.1 Å². The zero-order valence-corrected chi connectivity index (χ0v) is 18.6. The van der Waals surface area contributed by atoms with Gasteiger partial charge in [0, 0.05) is 28.8 Å². The van der Waals surface area contributed by atoms with Crippen LogP contribution in [0, 0.1) is 17.0 Å². The number of aryl methyl sites for hydroxylation is 1. The normalized spacial score (nSPS) is 10.7. The van der Waals surface area contributed by atoms with Crippen LogP contribution in [0.4, 0.5) is 11.4 Å². The maximum absolute atomic E-state index is 11.6. The molecule has 1 N–H and O–H groups in total. The van der Waals surface area contributed by atoms with Crippen molar-refractivity contribution in [3.63, 3.8) is 0 Å². The van der Waals surface area contributed by atoms with E-state index in [0.717, 1.165) is 21.7 Å². The summed E-state index contributed by atoms with van der Waals surface area (Å²) in [4.78, 5) is 24.1. The SMILES string of the molecule is CC(=O)c1ccc(C)c(NCc2ccc(Sc3ccc(Cl)c(Cl)c3)c([N+](=O)[O-])c2)c1. The minimum Gasteiger partial charge on any atom is -0.381 e. The summed E-state index contributed by atoms with van der Waals surface area (Å²) in [6, 6.07) is 15.7. The van der Waals surface area contributed by atoms with Crippen LogP contribution in [0.3, 0.4) is 0 Å². The van der Waals surface area contributed by atoms with Crippen LogP contribution < -0.4 is 5.32 Å². The minimum atomic E-state index is -0.398. The van der Waals surface area contributed by atoms with Crippen molar-refractivity contribution < 1.29 is 9.72 Å². The number of carbonyl (C=O) groups excluding carboxylic acids is 1. The Morgan fingerprint density at radius 1 is 1.07 bits per heavy atom. The van der Waals surface area contributed by atoms with Crippen molar-refractivity contribution in [2.24, 2.45) is 0 Å². The number of carbonyl (C=O) groups is 1. The highest BCUT2D eigenvalue weighted by Crippen LogP contribution is 2.37. The first kappa shape index (κ1) is 22.2. The molecule has 8 heteroatoms. The van der Waals surface area contributed by atoms with Crippen LogP contribution in [0.2, 0.25) is 10.0 Å². The fourth-order valence-electron chi connectivity index (χ4n) is 2.80. The average molecular weight is 461 g/mol. The number of halogens is 2. The van der Waals surface area contributed by atoms with Gasteiger partial charge in [0.05, 0.1) is 19.9 Å². The summed E-state index contributed by atoms with van der Waals surface area (Å²) >= 11 is 13.2. The fraction of sp³-hybridized carbons (Fsp3) is 0.136. The van der Waals surface area contributed by atoms with Crippen LogP contribution in [-0.2, 0) is 6.54 Å². The van der Waals surface area contributed by atoms with Crippen LogP contribution in [0.25, 0.3) is 0 Å². The van der Waals surface area contributed by atoms with Gasteiger partial charge in [0.1, 0.15) is 0 Å². The molecule has 0 saturated heterocycles. The Morgan fingerprint density at radius 2 is 1.83 bits per heavy atom. The summed E-state index contributed by atoms with van der Waals surface area (Å²) in [7, 11) is 0. The predicted octanol–water partition coefficient (Wildman–Crippen LogP) is 7.18. The first-order valence-corrected chi connectivity index (χ1v) is 10.6. The van der Waals surface area contributed by atoms with Gasteiger partial charge in [0.2, 0.25) is 0 Å². The number of hydrogen-bond acceptors (Lipinski definition) is 5. The molecule has 0 spiro atoms. The first-order chi connectivity index (χ1) is 14.2. The molecular weight excluding hydrogens is 443 g/mol. The van der Waals surface area contributed by atoms with Gasteiger partial charge in [-0.15, -0.1) is 0 Å². The Morgan fingerprint density at radius 3 is 2.50 bits per heavy atom. The Hall–Kier alpha value is -2.54. The lowest BCUT2D eigenvalue weighted by atomic mass is 10.1. The molecule has 0 atom stereocenters. The number of ketones is 1. The van der Waals surface area contributed by atoms with Crippen molar-refractivity contribution in [2.45, 2.75) is 30.2 Å². The maximum atomic E-state index is 11.6. The number of anilines is 1. The highest BCUT2D eigenvalue weighted by Gasteiger charge is 2.16. The van der Waals surface area contributed by atoms with Gasteiger partial charge in [0.25, 0.3) is 5.69 Å². The number of Topliss-reactive ketones (excluding diaryl/α,β-unsaturated/α-hetero) is 1. The van der Waals surface area contributed by atoms with Crippen molar-refractivity contribution >= 4 is 52.1 Å². The van der Waals surface area contributed by atoms with E-state index in [1.54, 1.807) is 42.5 Å². The standard InChI is InChI=1S/C22H18Cl2N2O3S/c1-13-3-5-16(14(2)27)10-20(13)25-12-15-4-8-22(21(9-15)26(28)29)30-17-6-7-18(23)19(24)11-17/h3-11,25H,12H2,1-2H3. The van der Waals surface area contributed by atoms with Gasteiger partial charge in [-0.3, -0.25) is 14.9 Å². The summed E-state index contributed by atoms with van der Waals surface area (Å²) in [6.07, 6.45) is 0. The van der Waals surface area contributed by atoms with Crippen LogP contribution in [-0.4, -0.2) is 10.7 Å². The number of hydrogen-bond donors (Lipinski definition) is 1. The van der Waals surface area contributed by atoms with E-state index in [0.29, 0.717) is 27.0 Å². The lowest BCUT2D eigenvalue weighted by Crippen LogP contribution is -2.04. The molecule has 3 aromatic carbocycles. The van der Waals surface area contributed by atoms with Crippen LogP contribution in [0.15, 0.2) is 64.4 Å². The molecule has 0 heterocycles. The second-order valence-electron chi connectivity index (χ2n) is 6.68. The monoisotopic (exact) mass is 460 g/mol. The van der Waals surface area contributed by atoms with Crippen LogP contribution in [0.1, 0.15) is 28.4 Å². The van der Waals surface area contributed by atoms with Crippen LogP contribution in [0.5, 0.6) is 0 Å². The van der Waals surface area contributed by atoms with E-state index in [2.05, 4.69) is 5.32 Å². The fourth-order valence-corrected chi connectivity index (χ4v) is 4.10. The molecule has 0 aliphatic carbocycles. The summed E-state index contributed by atoms with van der Waals surface area (Å²) in [5.74, 6) is -0.0163. The summed E-state index contributed by atoms with van der Waals surface area (Å²) < 4.78 is 0. The largest absolute Gasteiger partial charge is 0.381 e. The molecule has 0 radical (unpaired) electrons. The summed E-state index contributed by atoms with van der Waals surface area (Å²) in [6.45, 7) is 3.84. The molecule has 0 amide bonds. The Balaban J connectivity index is 1.81. The van der Waals surface area contributed by atoms with Crippen molar-refractivity contribution in [3.8, 4) is 0 Å². The molecular formula is C22H18Cl2N2O3S. The molecule has 3 aromatic rings. The molecule has 30 heavy (non-hydrogen) atoms. The Bertz CT molecular complexity index is 1140. The molecule has 0 unspecified atom stereocenters. The van der Waals surface area contributed by atoms with E-state index in [9.17, 15) is 14.9 Å². The second kappa shape index (κ2) is 9.51. The van der Waals surface area contributed by atoms with E-state index < -0.39 is 4.92 Å². The Kier molecular flexibility index (Phi) is 7.02. The maximum Gasteiger partial charge on any atom is 0.283 e. The third-order valence-electron chi connectivity index (χ3n) is 4.47. The number of rotatable bonds is 7. The number of nitrogens with one attached hydrogen (secondary N) is 1. The molecule has 0 bridgehead atoms. The predicted molar refractivity (Wildman–Crippen MR) is 122 cm³/mol. The lowest BCUT2D eigenvalue weighted by Gasteiger charge is -2.12. The first-order valence-electron chi connectivity index (χ1n) is 9.00.